The molecule has 27 heavy (non-hydrogen) atoms. The maximum atomic E-state index is 13.7. The average Bonchev–Trinajstić information content (AvgIpc) is 3.09. The molecule has 1 amide bonds. The first-order valence-corrected chi connectivity index (χ1v) is 8.21. The number of para-hydroxylation sites is 1. The van der Waals surface area contributed by atoms with Gasteiger partial charge in [0.1, 0.15) is 5.75 Å². The predicted molar refractivity (Wildman–Crippen MR) is 90.0 cm³/mol. The van der Waals surface area contributed by atoms with E-state index in [9.17, 15) is 18.0 Å². The standard InChI is InChI=1S/C17H21F3N4O3/c1-10(2)14-23-13(27-24-14)8-9-22-15(25)16(21,17(18,19)20)11-6-4-5-7-12(11)26-3/h4-7,10H,8-9,21H2,1-3H3,(H,22,25). The number of amides is 1. The Bertz CT molecular complexity index is 792. The fourth-order valence-corrected chi connectivity index (χ4v) is 2.40. The Hall–Kier alpha value is -2.62. The molecule has 1 aromatic carbocycles. The van der Waals surface area contributed by atoms with Gasteiger partial charge >= 0.3 is 6.18 Å². The van der Waals surface area contributed by atoms with E-state index in [1.54, 1.807) is 0 Å². The summed E-state index contributed by atoms with van der Waals surface area (Å²) >= 11 is 0. The number of halogens is 3. The molecular weight excluding hydrogens is 365 g/mol. The zero-order valence-corrected chi connectivity index (χ0v) is 15.1. The molecule has 2 rings (SSSR count). The molecule has 0 aliphatic rings. The smallest absolute Gasteiger partial charge is 0.419 e. The minimum Gasteiger partial charge on any atom is -0.496 e. The molecule has 0 bridgehead atoms. The van der Waals surface area contributed by atoms with Crippen molar-refractivity contribution in [3.8, 4) is 5.75 Å². The highest BCUT2D eigenvalue weighted by molar-refractivity contribution is 5.89. The van der Waals surface area contributed by atoms with E-state index in [0.29, 0.717) is 5.82 Å². The van der Waals surface area contributed by atoms with Gasteiger partial charge in [0.15, 0.2) is 5.82 Å². The molecule has 0 radical (unpaired) electrons. The van der Waals surface area contributed by atoms with Crippen LogP contribution in [0.5, 0.6) is 5.75 Å². The monoisotopic (exact) mass is 386 g/mol. The highest BCUT2D eigenvalue weighted by atomic mass is 19.4. The van der Waals surface area contributed by atoms with Crippen molar-refractivity contribution < 1.29 is 27.2 Å². The molecule has 0 aliphatic carbocycles. The number of nitrogens with zero attached hydrogens (tertiary/aromatic N) is 2. The van der Waals surface area contributed by atoms with Crippen LogP contribution in [0, 0.1) is 0 Å². The first-order valence-electron chi connectivity index (χ1n) is 8.21. The number of hydrogen-bond donors (Lipinski definition) is 2. The van der Waals surface area contributed by atoms with Gasteiger partial charge in [0, 0.05) is 24.4 Å². The minimum absolute atomic E-state index is 0.0459. The third-order valence-corrected chi connectivity index (χ3v) is 3.96. The van der Waals surface area contributed by atoms with Crippen LogP contribution >= 0.6 is 0 Å². The van der Waals surface area contributed by atoms with E-state index in [4.69, 9.17) is 15.0 Å². The molecular formula is C17H21F3N4O3. The van der Waals surface area contributed by atoms with Gasteiger partial charge in [-0.15, -0.1) is 0 Å². The largest absolute Gasteiger partial charge is 0.496 e. The maximum Gasteiger partial charge on any atom is 0.419 e. The molecule has 1 unspecified atom stereocenters. The zero-order chi connectivity index (χ0) is 20.2. The fourth-order valence-electron chi connectivity index (χ4n) is 2.40. The summed E-state index contributed by atoms with van der Waals surface area (Å²) in [6.07, 6.45) is -4.97. The van der Waals surface area contributed by atoms with Crippen LogP contribution in [-0.4, -0.2) is 35.9 Å². The molecule has 3 N–H and O–H groups in total. The van der Waals surface area contributed by atoms with Crippen LogP contribution in [0.25, 0.3) is 0 Å². The van der Waals surface area contributed by atoms with Crippen molar-refractivity contribution in [2.75, 3.05) is 13.7 Å². The number of carbonyl (C=O) groups excluding carboxylic acids is 1. The number of aromatic nitrogens is 2. The van der Waals surface area contributed by atoms with E-state index in [1.807, 2.05) is 13.8 Å². The summed E-state index contributed by atoms with van der Waals surface area (Å²) in [4.78, 5) is 16.5. The third kappa shape index (κ3) is 4.21. The maximum absolute atomic E-state index is 13.7. The Balaban J connectivity index is 2.18. The molecule has 1 atom stereocenters. The number of methoxy groups -OCH3 is 1. The van der Waals surface area contributed by atoms with Crippen LogP contribution in [0.4, 0.5) is 13.2 Å². The van der Waals surface area contributed by atoms with Gasteiger partial charge in [-0.2, -0.15) is 18.2 Å². The van der Waals surface area contributed by atoms with E-state index in [-0.39, 0.29) is 30.5 Å². The van der Waals surface area contributed by atoms with E-state index < -0.39 is 23.2 Å². The molecule has 7 nitrogen and oxygen atoms in total. The number of nitrogens with one attached hydrogen (secondary N) is 1. The van der Waals surface area contributed by atoms with Crippen molar-refractivity contribution >= 4 is 5.91 Å². The summed E-state index contributed by atoms with van der Waals surface area (Å²) in [5.41, 5.74) is 1.83. The van der Waals surface area contributed by atoms with Gasteiger partial charge in [0.2, 0.25) is 11.4 Å². The van der Waals surface area contributed by atoms with Gasteiger partial charge in [0.05, 0.1) is 7.11 Å². The SMILES string of the molecule is COc1ccccc1C(N)(C(=O)NCCc1nc(C(C)C)no1)C(F)(F)F. The van der Waals surface area contributed by atoms with Crippen molar-refractivity contribution in [2.45, 2.75) is 37.9 Å². The highest BCUT2D eigenvalue weighted by Crippen LogP contribution is 2.40. The van der Waals surface area contributed by atoms with Crippen LogP contribution in [0.1, 0.15) is 37.0 Å². The van der Waals surface area contributed by atoms with Crippen LogP contribution < -0.4 is 15.8 Å². The fraction of sp³-hybridized carbons (Fsp3) is 0.471. The summed E-state index contributed by atoms with van der Waals surface area (Å²) in [5, 5.41) is 5.95. The zero-order valence-electron chi connectivity index (χ0n) is 15.1. The average molecular weight is 386 g/mol. The number of ether oxygens (including phenoxy) is 1. The van der Waals surface area contributed by atoms with Crippen LogP contribution in [0.3, 0.4) is 0 Å². The molecule has 1 heterocycles. The number of benzene rings is 1. The van der Waals surface area contributed by atoms with Gasteiger partial charge in [-0.1, -0.05) is 37.2 Å². The third-order valence-electron chi connectivity index (χ3n) is 3.96. The first kappa shape index (κ1) is 20.7. The van der Waals surface area contributed by atoms with Gasteiger partial charge in [-0.25, -0.2) is 0 Å². The molecule has 0 fully saturated rings. The molecule has 1 aromatic heterocycles. The number of hydrogen-bond acceptors (Lipinski definition) is 6. The van der Waals surface area contributed by atoms with Gasteiger partial charge in [-0.05, 0) is 6.07 Å². The van der Waals surface area contributed by atoms with Crippen LogP contribution in [0.2, 0.25) is 0 Å². The lowest BCUT2D eigenvalue weighted by Crippen LogP contribution is -2.61. The summed E-state index contributed by atoms with van der Waals surface area (Å²) < 4.78 is 51.1. The number of rotatable bonds is 7. The van der Waals surface area contributed by atoms with E-state index in [0.717, 1.165) is 6.07 Å². The Morgan fingerprint density at radius 1 is 1.33 bits per heavy atom. The van der Waals surface area contributed by atoms with Crippen molar-refractivity contribution in [1.29, 1.82) is 0 Å². The lowest BCUT2D eigenvalue weighted by molar-refractivity contribution is -0.194. The van der Waals surface area contributed by atoms with Crippen molar-refractivity contribution in [2.24, 2.45) is 5.73 Å². The molecule has 0 saturated carbocycles. The molecule has 148 valence electrons. The Kier molecular flexibility index (Phi) is 6.09. The summed E-state index contributed by atoms with van der Waals surface area (Å²) in [5.74, 6) is -0.793. The summed E-state index contributed by atoms with van der Waals surface area (Å²) in [7, 11) is 1.20. The molecule has 0 spiro atoms. The van der Waals surface area contributed by atoms with E-state index in [1.165, 1.54) is 25.3 Å². The van der Waals surface area contributed by atoms with Gasteiger partial charge < -0.3 is 20.3 Å². The quantitative estimate of drug-likeness (QED) is 0.757. The van der Waals surface area contributed by atoms with Gasteiger partial charge in [0.25, 0.3) is 5.91 Å². The lowest BCUT2D eigenvalue weighted by Gasteiger charge is -2.31. The second-order valence-electron chi connectivity index (χ2n) is 6.21. The summed E-state index contributed by atoms with van der Waals surface area (Å²) in [6.45, 7) is 3.59. The predicted octanol–water partition coefficient (Wildman–Crippen LogP) is 2.28. The van der Waals surface area contributed by atoms with Crippen molar-refractivity contribution in [3.63, 3.8) is 0 Å². The minimum atomic E-state index is -5.04. The second kappa shape index (κ2) is 7.95. The number of carbonyl (C=O) groups is 1. The van der Waals surface area contributed by atoms with Crippen LogP contribution in [-0.2, 0) is 16.8 Å². The van der Waals surface area contributed by atoms with Gasteiger partial charge in [-0.3, -0.25) is 4.79 Å². The second-order valence-corrected chi connectivity index (χ2v) is 6.21. The molecule has 10 heteroatoms. The Morgan fingerprint density at radius 2 is 2.00 bits per heavy atom. The molecule has 0 saturated heterocycles. The summed E-state index contributed by atoms with van der Waals surface area (Å²) in [6, 6.07) is 5.25. The number of nitrogens with two attached hydrogens (primary N) is 1. The van der Waals surface area contributed by atoms with E-state index >= 15 is 0 Å². The first-order chi connectivity index (χ1) is 12.6. The highest BCUT2D eigenvalue weighted by Gasteiger charge is 2.60. The van der Waals surface area contributed by atoms with Crippen molar-refractivity contribution in [3.05, 3.63) is 41.5 Å². The van der Waals surface area contributed by atoms with Crippen LogP contribution in [0.15, 0.2) is 28.8 Å². The Labute approximate surface area is 154 Å². The topological polar surface area (TPSA) is 103 Å². The van der Waals surface area contributed by atoms with Crippen molar-refractivity contribution in [1.82, 2.24) is 15.5 Å². The normalized spacial score (nSPS) is 14.1. The molecule has 0 aliphatic heterocycles. The number of alkyl halides is 3. The van der Waals surface area contributed by atoms with E-state index in [2.05, 4.69) is 15.5 Å². The molecule has 2 aromatic rings. The lowest BCUT2D eigenvalue weighted by atomic mass is 9.88. The Morgan fingerprint density at radius 3 is 2.56 bits per heavy atom.